The van der Waals surface area contributed by atoms with Crippen LogP contribution in [-0.2, 0) is 16.1 Å². The van der Waals surface area contributed by atoms with Gasteiger partial charge in [0.15, 0.2) is 6.04 Å². The molecule has 0 aliphatic heterocycles. The third-order valence-electron chi connectivity index (χ3n) is 4.67. The maximum atomic E-state index is 12.9. The minimum atomic E-state index is -0.884. The van der Waals surface area contributed by atoms with E-state index >= 15 is 0 Å². The molecule has 1 amide bonds. The fourth-order valence-electron chi connectivity index (χ4n) is 3.20. The molecule has 0 saturated carbocycles. The first kappa shape index (κ1) is 21.0. The van der Waals surface area contributed by atoms with Crippen molar-refractivity contribution in [1.82, 2.24) is 10.3 Å². The summed E-state index contributed by atoms with van der Waals surface area (Å²) in [6.45, 7) is 4.16. The largest absolute Gasteiger partial charge is 0.488 e. The highest BCUT2D eigenvalue weighted by Crippen LogP contribution is 2.26. The molecule has 6 nitrogen and oxygen atoms in total. The molecule has 30 heavy (non-hydrogen) atoms. The van der Waals surface area contributed by atoms with Crippen molar-refractivity contribution in [3.05, 3.63) is 94.8 Å². The van der Waals surface area contributed by atoms with Crippen LogP contribution >= 0.6 is 0 Å². The second-order valence-corrected chi connectivity index (χ2v) is 6.93. The second kappa shape index (κ2) is 9.69. The molecular weight excluding hydrogens is 380 g/mol. The van der Waals surface area contributed by atoms with Crippen LogP contribution in [0.3, 0.4) is 0 Å². The number of rotatable bonds is 7. The zero-order valence-corrected chi connectivity index (χ0v) is 17.2. The summed E-state index contributed by atoms with van der Waals surface area (Å²) in [5.74, 6) is -0.165. The van der Waals surface area contributed by atoms with Gasteiger partial charge >= 0.3 is 5.97 Å². The van der Waals surface area contributed by atoms with Crippen molar-refractivity contribution in [2.75, 3.05) is 7.11 Å². The molecule has 3 rings (SSSR count). The normalized spacial score (nSPS) is 11.4. The molecule has 1 unspecified atom stereocenters. The van der Waals surface area contributed by atoms with E-state index in [0.717, 1.165) is 22.4 Å². The van der Waals surface area contributed by atoms with Gasteiger partial charge in [-0.2, -0.15) is 0 Å². The molecule has 1 N–H and O–H groups in total. The summed E-state index contributed by atoms with van der Waals surface area (Å²) in [4.78, 5) is 29.2. The third kappa shape index (κ3) is 5.03. The zero-order chi connectivity index (χ0) is 21.5. The number of pyridine rings is 1. The molecule has 6 heteroatoms. The average Bonchev–Trinajstić information content (AvgIpc) is 2.77. The summed E-state index contributed by atoms with van der Waals surface area (Å²) in [6, 6.07) is 15.4. The monoisotopic (exact) mass is 404 g/mol. The average molecular weight is 404 g/mol. The van der Waals surface area contributed by atoms with Crippen molar-refractivity contribution in [3.63, 3.8) is 0 Å². The summed E-state index contributed by atoms with van der Waals surface area (Å²) >= 11 is 0. The SMILES string of the molecule is COC(=O)C(NC(=O)c1cc(C)c(OCc2cccnc2)c(C)c1)c1ccccc1. The standard InChI is InChI=1S/C24H24N2O4/c1-16-12-20(13-17(2)22(16)30-15-18-8-7-11-25-14-18)23(27)26-21(24(28)29-3)19-9-5-4-6-10-19/h4-14,21H,15H2,1-3H3,(H,26,27). The topological polar surface area (TPSA) is 77.5 Å². The van der Waals surface area contributed by atoms with Gasteiger partial charge < -0.3 is 14.8 Å². The molecular formula is C24H24N2O4. The minimum absolute atomic E-state index is 0.362. The van der Waals surface area contributed by atoms with E-state index in [1.165, 1.54) is 7.11 Å². The maximum absolute atomic E-state index is 12.9. The molecule has 154 valence electrons. The molecule has 0 bridgehead atoms. The Morgan fingerprint density at radius 1 is 1.03 bits per heavy atom. The summed E-state index contributed by atoms with van der Waals surface area (Å²) in [5.41, 5.74) is 3.73. The predicted molar refractivity (Wildman–Crippen MR) is 113 cm³/mol. The van der Waals surface area contributed by atoms with Crippen LogP contribution in [0.25, 0.3) is 0 Å². The number of aryl methyl sites for hydroxylation is 2. The van der Waals surface area contributed by atoms with Crippen molar-refractivity contribution in [1.29, 1.82) is 0 Å². The molecule has 2 aromatic carbocycles. The number of amides is 1. The lowest BCUT2D eigenvalue weighted by Crippen LogP contribution is -2.34. The van der Waals surface area contributed by atoms with Crippen molar-refractivity contribution >= 4 is 11.9 Å². The molecule has 0 radical (unpaired) electrons. The van der Waals surface area contributed by atoms with Crippen molar-refractivity contribution in [3.8, 4) is 5.75 Å². The number of aromatic nitrogens is 1. The lowest BCUT2D eigenvalue weighted by Gasteiger charge is -2.18. The fourth-order valence-corrected chi connectivity index (χ4v) is 3.20. The quantitative estimate of drug-likeness (QED) is 0.604. The smallest absolute Gasteiger partial charge is 0.333 e. The van der Waals surface area contributed by atoms with Crippen LogP contribution in [0.5, 0.6) is 5.75 Å². The van der Waals surface area contributed by atoms with Gasteiger partial charge in [-0.3, -0.25) is 9.78 Å². The molecule has 0 aliphatic carbocycles. The number of nitrogens with zero attached hydrogens (tertiary/aromatic N) is 1. The van der Waals surface area contributed by atoms with E-state index in [1.54, 1.807) is 48.8 Å². The summed E-state index contributed by atoms with van der Waals surface area (Å²) in [5, 5.41) is 2.77. The van der Waals surface area contributed by atoms with E-state index < -0.39 is 12.0 Å². The van der Waals surface area contributed by atoms with Gasteiger partial charge in [-0.25, -0.2) is 4.79 Å². The van der Waals surface area contributed by atoms with Crippen LogP contribution < -0.4 is 10.1 Å². The van der Waals surface area contributed by atoms with Gasteiger partial charge in [0, 0.05) is 23.5 Å². The van der Waals surface area contributed by atoms with Crippen molar-refractivity contribution in [2.24, 2.45) is 0 Å². The molecule has 1 heterocycles. The molecule has 0 aliphatic rings. The Morgan fingerprint density at radius 3 is 2.33 bits per heavy atom. The van der Waals surface area contributed by atoms with Gasteiger partial charge in [0.05, 0.1) is 7.11 Å². The molecule has 1 atom stereocenters. The summed E-state index contributed by atoms with van der Waals surface area (Å²) in [6.07, 6.45) is 3.47. The van der Waals surface area contributed by atoms with E-state index in [0.29, 0.717) is 17.7 Å². The minimum Gasteiger partial charge on any atom is -0.488 e. The number of benzene rings is 2. The first-order valence-corrected chi connectivity index (χ1v) is 9.56. The Kier molecular flexibility index (Phi) is 6.80. The summed E-state index contributed by atoms with van der Waals surface area (Å²) in [7, 11) is 1.30. The van der Waals surface area contributed by atoms with Gasteiger partial charge in [-0.15, -0.1) is 0 Å². The maximum Gasteiger partial charge on any atom is 0.333 e. The summed E-state index contributed by atoms with van der Waals surface area (Å²) < 4.78 is 10.8. The number of ether oxygens (including phenoxy) is 2. The molecule has 0 fully saturated rings. The van der Waals surface area contributed by atoms with E-state index in [4.69, 9.17) is 9.47 Å². The number of hydrogen-bond donors (Lipinski definition) is 1. The van der Waals surface area contributed by atoms with Crippen LogP contribution in [0, 0.1) is 13.8 Å². The van der Waals surface area contributed by atoms with Crippen LogP contribution in [0.1, 0.15) is 38.7 Å². The Morgan fingerprint density at radius 2 is 1.73 bits per heavy atom. The van der Waals surface area contributed by atoms with E-state index in [-0.39, 0.29) is 5.91 Å². The van der Waals surface area contributed by atoms with E-state index in [1.807, 2.05) is 32.0 Å². The second-order valence-electron chi connectivity index (χ2n) is 6.93. The fraction of sp³-hybridized carbons (Fsp3) is 0.208. The number of esters is 1. The molecule has 0 spiro atoms. The number of carbonyl (C=O) groups is 2. The Bertz CT molecular complexity index is 997. The number of hydrogen-bond acceptors (Lipinski definition) is 5. The molecule has 0 saturated heterocycles. The first-order chi connectivity index (χ1) is 14.5. The van der Waals surface area contributed by atoms with Gasteiger partial charge in [0.25, 0.3) is 5.91 Å². The highest BCUT2D eigenvalue weighted by atomic mass is 16.5. The van der Waals surface area contributed by atoms with Crippen molar-refractivity contribution < 1.29 is 19.1 Å². The highest BCUT2D eigenvalue weighted by molar-refractivity contribution is 5.97. The number of methoxy groups -OCH3 is 1. The van der Waals surface area contributed by atoms with Gasteiger partial charge in [-0.1, -0.05) is 36.4 Å². The highest BCUT2D eigenvalue weighted by Gasteiger charge is 2.24. The Hall–Kier alpha value is -3.67. The van der Waals surface area contributed by atoms with E-state index in [9.17, 15) is 9.59 Å². The van der Waals surface area contributed by atoms with Crippen LogP contribution in [0.2, 0.25) is 0 Å². The number of nitrogens with one attached hydrogen (secondary N) is 1. The zero-order valence-electron chi connectivity index (χ0n) is 17.2. The van der Waals surface area contributed by atoms with Gasteiger partial charge in [0.1, 0.15) is 12.4 Å². The Labute approximate surface area is 175 Å². The van der Waals surface area contributed by atoms with Crippen LogP contribution in [-0.4, -0.2) is 24.0 Å². The third-order valence-corrected chi connectivity index (χ3v) is 4.67. The predicted octanol–water partition coefficient (Wildman–Crippen LogP) is 3.92. The molecule has 1 aromatic heterocycles. The lowest BCUT2D eigenvalue weighted by molar-refractivity contribution is -0.143. The van der Waals surface area contributed by atoms with Crippen LogP contribution in [0.15, 0.2) is 67.0 Å². The van der Waals surface area contributed by atoms with Crippen LogP contribution in [0.4, 0.5) is 0 Å². The Balaban J connectivity index is 1.78. The van der Waals surface area contributed by atoms with Gasteiger partial charge in [0.2, 0.25) is 0 Å². The van der Waals surface area contributed by atoms with E-state index in [2.05, 4.69) is 10.3 Å². The molecule has 3 aromatic rings. The first-order valence-electron chi connectivity index (χ1n) is 9.56. The van der Waals surface area contributed by atoms with Gasteiger partial charge in [-0.05, 0) is 48.7 Å². The number of carbonyl (C=O) groups excluding carboxylic acids is 2. The lowest BCUT2D eigenvalue weighted by atomic mass is 10.0. The van der Waals surface area contributed by atoms with Crippen molar-refractivity contribution in [2.45, 2.75) is 26.5 Å².